The molecule has 290 valence electrons. The number of ether oxygens (including phenoxy) is 2. The summed E-state index contributed by atoms with van der Waals surface area (Å²) in [6, 6.07) is 0. The Morgan fingerprint density at radius 1 is 0.558 bits per heavy atom. The van der Waals surface area contributed by atoms with Gasteiger partial charge in [0.15, 0.2) is 0 Å². The molecule has 3 amide bonds. The van der Waals surface area contributed by atoms with Gasteiger partial charge >= 0.3 is 11.9 Å². The predicted molar refractivity (Wildman–Crippen MR) is 163 cm³/mol. The summed E-state index contributed by atoms with van der Waals surface area (Å²) in [6.07, 6.45) is 2.04. The fraction of sp³-hybridized carbons (Fsp3) is 0.433. The lowest BCUT2D eigenvalue weighted by molar-refractivity contribution is -0.141. The van der Waals surface area contributed by atoms with Gasteiger partial charge in [0.1, 0.15) is 6.54 Å². The first kappa shape index (κ1) is 45.6. The van der Waals surface area contributed by atoms with Crippen molar-refractivity contribution >= 4 is 45.6 Å². The summed E-state index contributed by atoms with van der Waals surface area (Å²) in [6.45, 7) is 2.59. The highest BCUT2D eigenvalue weighted by Crippen LogP contribution is 2.30. The number of halogens is 11. The first-order valence-electron chi connectivity index (χ1n) is 14.8. The minimum absolute atomic E-state index is 0.0379. The summed E-state index contributed by atoms with van der Waals surface area (Å²) in [5.74, 6) is -29.6. The number of unbranched alkanes of at least 4 members (excludes halogenated alkanes) is 2. The number of carbonyl (C=O) groups excluding carboxylic acids is 5. The van der Waals surface area contributed by atoms with Crippen LogP contribution in [-0.4, -0.2) is 79.2 Å². The molecule has 2 aromatic carbocycles. The Morgan fingerprint density at radius 2 is 0.923 bits per heavy atom. The van der Waals surface area contributed by atoms with Crippen molar-refractivity contribution < 1.29 is 77.4 Å². The van der Waals surface area contributed by atoms with Crippen LogP contribution in [0.5, 0.6) is 11.5 Å². The van der Waals surface area contributed by atoms with Crippen LogP contribution in [0.25, 0.3) is 0 Å². The molecule has 22 heteroatoms. The van der Waals surface area contributed by atoms with Gasteiger partial charge in [-0.1, -0.05) is 15.9 Å². The second kappa shape index (κ2) is 22.5. The van der Waals surface area contributed by atoms with E-state index in [0.717, 1.165) is 4.90 Å². The van der Waals surface area contributed by atoms with E-state index in [0.29, 0.717) is 45.3 Å². The lowest BCUT2D eigenvalue weighted by Gasteiger charge is -2.21. The fourth-order valence-corrected chi connectivity index (χ4v) is 4.05. The van der Waals surface area contributed by atoms with Gasteiger partial charge in [0.2, 0.25) is 87.4 Å². The number of amides is 3. The van der Waals surface area contributed by atoms with E-state index in [9.17, 15) is 67.9 Å². The third kappa shape index (κ3) is 14.3. The van der Waals surface area contributed by atoms with E-state index in [1.165, 1.54) is 13.8 Å². The third-order valence-corrected chi connectivity index (χ3v) is 6.69. The summed E-state index contributed by atoms with van der Waals surface area (Å²) in [5.41, 5.74) is 0. The van der Waals surface area contributed by atoms with Gasteiger partial charge in [0.25, 0.3) is 0 Å². The van der Waals surface area contributed by atoms with Crippen LogP contribution in [-0.2, 0) is 24.0 Å². The maximum Gasteiger partial charge on any atom is 0.331 e. The van der Waals surface area contributed by atoms with Gasteiger partial charge in [-0.05, 0) is 32.2 Å². The zero-order valence-corrected chi connectivity index (χ0v) is 28.8. The van der Waals surface area contributed by atoms with Crippen LogP contribution in [0.15, 0.2) is 0 Å². The van der Waals surface area contributed by atoms with Crippen molar-refractivity contribution in [3.8, 4) is 11.5 Å². The summed E-state index contributed by atoms with van der Waals surface area (Å²) < 4.78 is 140. The molecular weight excluding hydrogens is 798 g/mol. The summed E-state index contributed by atoms with van der Waals surface area (Å²) in [4.78, 5) is 57.4. The van der Waals surface area contributed by atoms with Crippen molar-refractivity contribution in [2.75, 3.05) is 44.6 Å². The third-order valence-electron chi connectivity index (χ3n) is 6.21. The molecular formula is C30H31BrF10N4O7. The number of nitrogens with zero attached hydrogens (tertiary/aromatic N) is 1. The first-order chi connectivity index (χ1) is 24.3. The minimum Gasteiger partial charge on any atom is -0.419 e. The smallest absolute Gasteiger partial charge is 0.331 e. The van der Waals surface area contributed by atoms with E-state index in [-0.39, 0.29) is 23.7 Å². The number of esters is 2. The van der Waals surface area contributed by atoms with E-state index in [4.69, 9.17) is 0 Å². The lowest BCUT2D eigenvalue weighted by Crippen LogP contribution is -2.39. The fourth-order valence-electron chi connectivity index (χ4n) is 3.70. The SMILES string of the molecule is CC(=O)NCCCCN(CC(=O)Oc1c(F)c(F)c(F)c(F)c1F)C(=O)CBr.CC(=O)NCCCCNCC(=O)Oc1c(F)c(F)c(F)c(F)c1F. The maximum atomic E-state index is 13.6. The molecule has 0 spiro atoms. The van der Waals surface area contributed by atoms with Crippen molar-refractivity contribution in [1.82, 2.24) is 20.9 Å². The standard InChI is InChI=1S/C16H16BrF5N2O4.C14H15F5N2O3/c1-8(25)23-4-2-3-5-24(9(26)6-17)7-10(27)28-16-14(21)12(19)11(18)13(20)15(16)22;1-7(22)21-5-3-2-4-20-6-8(23)24-14-12(18)10(16)9(15)11(17)13(14)19/h2-7H2,1H3,(H,23,25);20H,2-6H2,1H3,(H,21,22). The molecule has 0 saturated heterocycles. The predicted octanol–water partition coefficient (Wildman–Crippen LogP) is 4.22. The average molecular weight is 829 g/mol. The molecule has 0 saturated carbocycles. The molecule has 2 aromatic rings. The normalized spacial score (nSPS) is 10.6. The summed E-state index contributed by atoms with van der Waals surface area (Å²) >= 11 is 2.90. The van der Waals surface area contributed by atoms with Crippen molar-refractivity contribution in [2.45, 2.75) is 39.5 Å². The van der Waals surface area contributed by atoms with Gasteiger partial charge in [-0.3, -0.25) is 19.2 Å². The van der Waals surface area contributed by atoms with Crippen LogP contribution >= 0.6 is 15.9 Å². The second-order valence-corrected chi connectivity index (χ2v) is 10.8. The Kier molecular flexibility index (Phi) is 19.7. The van der Waals surface area contributed by atoms with Crippen LogP contribution < -0.4 is 25.4 Å². The van der Waals surface area contributed by atoms with Crippen molar-refractivity contribution in [3.05, 3.63) is 58.2 Å². The van der Waals surface area contributed by atoms with Gasteiger partial charge in [-0.2, -0.15) is 17.6 Å². The van der Waals surface area contributed by atoms with Gasteiger partial charge in [0.05, 0.1) is 11.9 Å². The quantitative estimate of drug-likeness (QED) is 0.0410. The Morgan fingerprint density at radius 3 is 1.33 bits per heavy atom. The number of carbonyl (C=O) groups is 5. The summed E-state index contributed by atoms with van der Waals surface area (Å²) in [7, 11) is 0. The zero-order valence-electron chi connectivity index (χ0n) is 27.2. The molecule has 2 rings (SSSR count). The monoisotopic (exact) mass is 828 g/mol. The number of nitrogens with one attached hydrogen (secondary N) is 3. The van der Waals surface area contributed by atoms with Crippen LogP contribution in [0.2, 0.25) is 0 Å². The molecule has 0 atom stereocenters. The molecule has 52 heavy (non-hydrogen) atoms. The van der Waals surface area contributed by atoms with E-state index < -0.39 is 101 Å². The average Bonchev–Trinajstić information content (AvgIpc) is 3.10. The Hall–Kier alpha value is -4.47. The highest BCUT2D eigenvalue weighted by Gasteiger charge is 2.30. The molecule has 0 heterocycles. The molecule has 0 fully saturated rings. The first-order valence-corrected chi connectivity index (χ1v) is 15.9. The van der Waals surface area contributed by atoms with E-state index in [1.807, 2.05) is 0 Å². The molecule has 0 aromatic heterocycles. The molecule has 0 aliphatic carbocycles. The molecule has 0 aliphatic rings. The topological polar surface area (TPSA) is 143 Å². The van der Waals surface area contributed by atoms with Gasteiger partial charge in [-0.15, -0.1) is 0 Å². The molecule has 11 nitrogen and oxygen atoms in total. The van der Waals surface area contributed by atoms with Crippen LogP contribution in [0.4, 0.5) is 43.9 Å². The maximum absolute atomic E-state index is 13.6. The zero-order chi connectivity index (χ0) is 39.7. The molecule has 0 aliphatic heterocycles. The number of benzene rings is 2. The highest BCUT2D eigenvalue weighted by atomic mass is 79.9. The van der Waals surface area contributed by atoms with Crippen molar-refractivity contribution in [1.29, 1.82) is 0 Å². The van der Waals surface area contributed by atoms with E-state index in [1.54, 1.807) is 0 Å². The van der Waals surface area contributed by atoms with Gasteiger partial charge in [0, 0.05) is 33.5 Å². The van der Waals surface area contributed by atoms with E-state index in [2.05, 4.69) is 41.4 Å². The molecule has 3 N–H and O–H groups in total. The van der Waals surface area contributed by atoms with E-state index >= 15 is 0 Å². The summed E-state index contributed by atoms with van der Waals surface area (Å²) in [5, 5.41) is 7.50. The number of alkyl halides is 1. The Bertz CT molecular complexity index is 1560. The molecule has 0 radical (unpaired) electrons. The number of rotatable bonds is 17. The largest absolute Gasteiger partial charge is 0.419 e. The van der Waals surface area contributed by atoms with Gasteiger partial charge in [-0.25, -0.2) is 31.1 Å². The molecule has 0 bridgehead atoms. The van der Waals surface area contributed by atoms with Crippen molar-refractivity contribution in [3.63, 3.8) is 0 Å². The number of hydrogen-bond donors (Lipinski definition) is 3. The van der Waals surface area contributed by atoms with Crippen molar-refractivity contribution in [2.24, 2.45) is 0 Å². The van der Waals surface area contributed by atoms with Crippen LogP contribution in [0, 0.1) is 58.2 Å². The highest BCUT2D eigenvalue weighted by molar-refractivity contribution is 9.09. The number of hydrogen-bond acceptors (Lipinski definition) is 8. The Labute approximate surface area is 297 Å². The van der Waals surface area contributed by atoms with Crippen LogP contribution in [0.3, 0.4) is 0 Å². The second-order valence-electron chi connectivity index (χ2n) is 10.3. The van der Waals surface area contributed by atoms with Gasteiger partial charge < -0.3 is 30.3 Å². The minimum atomic E-state index is -2.38. The lowest BCUT2D eigenvalue weighted by atomic mass is 10.2. The Balaban J connectivity index is 0.000000526. The van der Waals surface area contributed by atoms with Crippen LogP contribution in [0.1, 0.15) is 39.5 Å². The molecule has 0 unspecified atom stereocenters.